The number of pyridine rings is 1. The number of benzene rings is 2. The van der Waals surface area contributed by atoms with E-state index >= 15 is 0 Å². The molecule has 2 heterocycles. The summed E-state index contributed by atoms with van der Waals surface area (Å²) in [5.41, 5.74) is -0.0429. The van der Waals surface area contributed by atoms with Crippen LogP contribution in [0, 0.1) is 0 Å². The SMILES string of the molecule is CN1C(C(=O)Nc2ccccn2)=C(O)c2ccccc2S1(=O)=O.O=C(O)c1cccc(Cl)c1. The predicted molar refractivity (Wildman–Crippen MR) is 122 cm³/mol. The van der Waals surface area contributed by atoms with Crippen molar-refractivity contribution in [2.24, 2.45) is 0 Å². The van der Waals surface area contributed by atoms with Crippen LogP contribution in [0.4, 0.5) is 5.82 Å². The van der Waals surface area contributed by atoms with Gasteiger partial charge < -0.3 is 15.5 Å². The number of hydrogen-bond acceptors (Lipinski definition) is 6. The molecule has 0 fully saturated rings. The van der Waals surface area contributed by atoms with Gasteiger partial charge in [0.1, 0.15) is 5.82 Å². The summed E-state index contributed by atoms with van der Waals surface area (Å²) >= 11 is 5.53. The van der Waals surface area contributed by atoms with E-state index < -0.39 is 27.7 Å². The molecule has 1 aromatic heterocycles. The number of carbonyl (C=O) groups excluding carboxylic acids is 1. The molecule has 0 radical (unpaired) electrons. The second kappa shape index (κ2) is 9.72. The normalized spacial score (nSPS) is 13.9. The van der Waals surface area contributed by atoms with Gasteiger partial charge in [0.15, 0.2) is 11.5 Å². The molecule has 9 nitrogen and oxygen atoms in total. The topological polar surface area (TPSA) is 137 Å². The molecule has 33 heavy (non-hydrogen) atoms. The molecule has 0 atom stereocenters. The third-order valence-corrected chi connectivity index (χ3v) is 6.56. The molecule has 1 amide bonds. The van der Waals surface area contributed by atoms with Crippen molar-refractivity contribution in [1.82, 2.24) is 9.29 Å². The third kappa shape index (κ3) is 5.13. The number of aromatic nitrogens is 1. The minimum absolute atomic E-state index is 0.0469. The Morgan fingerprint density at radius 1 is 1.03 bits per heavy atom. The number of aromatic carboxylic acids is 1. The van der Waals surface area contributed by atoms with Crippen molar-refractivity contribution in [3.63, 3.8) is 0 Å². The molecule has 0 spiro atoms. The van der Waals surface area contributed by atoms with Gasteiger partial charge in [0, 0.05) is 23.8 Å². The molecule has 0 saturated heterocycles. The summed E-state index contributed by atoms with van der Waals surface area (Å²) in [5.74, 6) is -1.86. The van der Waals surface area contributed by atoms with E-state index in [2.05, 4.69) is 10.3 Å². The number of nitrogens with zero attached hydrogens (tertiary/aromatic N) is 2. The fraction of sp³-hybridized carbons (Fsp3) is 0.0455. The van der Waals surface area contributed by atoms with Gasteiger partial charge in [0.25, 0.3) is 15.9 Å². The molecule has 3 aromatic rings. The van der Waals surface area contributed by atoms with Crippen molar-refractivity contribution >= 4 is 45.1 Å². The predicted octanol–water partition coefficient (Wildman–Crippen LogP) is 3.62. The lowest BCUT2D eigenvalue weighted by Crippen LogP contribution is -2.37. The fourth-order valence-corrected chi connectivity index (χ4v) is 4.50. The van der Waals surface area contributed by atoms with Crippen molar-refractivity contribution in [3.8, 4) is 0 Å². The number of anilines is 1. The number of fused-ring (bicyclic) bond motifs is 1. The minimum atomic E-state index is -3.91. The third-order valence-electron chi connectivity index (χ3n) is 4.51. The number of nitrogens with one attached hydrogen (secondary N) is 1. The Labute approximate surface area is 194 Å². The van der Waals surface area contributed by atoms with Crippen molar-refractivity contribution in [2.75, 3.05) is 12.4 Å². The van der Waals surface area contributed by atoms with Crippen LogP contribution in [0.2, 0.25) is 5.02 Å². The lowest BCUT2D eigenvalue weighted by atomic mass is 10.1. The molecule has 2 aromatic carbocycles. The summed E-state index contributed by atoms with van der Waals surface area (Å²) in [4.78, 5) is 26.6. The van der Waals surface area contributed by atoms with E-state index in [4.69, 9.17) is 16.7 Å². The molecular weight excluding hydrogens is 470 g/mol. The summed E-state index contributed by atoms with van der Waals surface area (Å²) in [5, 5.41) is 21.7. The smallest absolute Gasteiger partial charge is 0.335 e. The molecule has 0 saturated carbocycles. The average molecular weight is 488 g/mol. The number of aliphatic hydroxyl groups excluding tert-OH is 1. The molecule has 1 aliphatic rings. The number of amides is 1. The van der Waals surface area contributed by atoms with Crippen molar-refractivity contribution in [1.29, 1.82) is 0 Å². The van der Waals surface area contributed by atoms with E-state index in [1.807, 2.05) is 0 Å². The van der Waals surface area contributed by atoms with Crippen molar-refractivity contribution in [2.45, 2.75) is 4.90 Å². The maximum atomic E-state index is 12.5. The Bertz CT molecular complexity index is 1340. The summed E-state index contributed by atoms with van der Waals surface area (Å²) in [6.45, 7) is 0. The van der Waals surface area contributed by atoms with Crippen molar-refractivity contribution in [3.05, 3.63) is 94.8 Å². The summed E-state index contributed by atoms with van der Waals surface area (Å²) in [6.07, 6.45) is 1.49. The maximum Gasteiger partial charge on any atom is 0.335 e. The number of rotatable bonds is 3. The summed E-state index contributed by atoms with van der Waals surface area (Å²) in [6, 6.07) is 17.0. The highest BCUT2D eigenvalue weighted by atomic mass is 35.5. The standard InChI is InChI=1S/C15H13N3O4S.C7H5ClO2/c1-18-13(15(20)17-12-8-4-5-9-16-12)14(19)10-6-2-3-7-11(10)23(18,21)22;8-6-3-1-2-5(4-6)7(9)10/h2-9,19H,1H3,(H,16,17,20);1-4H,(H,9,10). The molecule has 0 bridgehead atoms. The highest BCUT2D eigenvalue weighted by Crippen LogP contribution is 2.34. The minimum Gasteiger partial charge on any atom is -0.505 e. The van der Waals surface area contributed by atoms with Gasteiger partial charge in [-0.1, -0.05) is 35.9 Å². The van der Waals surface area contributed by atoms with Gasteiger partial charge in [-0.3, -0.25) is 9.10 Å². The molecule has 3 N–H and O–H groups in total. The molecule has 1 aliphatic heterocycles. The monoisotopic (exact) mass is 487 g/mol. The van der Waals surface area contributed by atoms with Crippen molar-refractivity contribution < 1.29 is 28.2 Å². The lowest BCUT2D eigenvalue weighted by Gasteiger charge is -2.28. The first-order valence-electron chi connectivity index (χ1n) is 9.35. The number of carbonyl (C=O) groups is 2. The van der Waals surface area contributed by atoms with Crippen LogP contribution in [0.5, 0.6) is 0 Å². The van der Waals surface area contributed by atoms with Crippen LogP contribution in [-0.2, 0) is 14.8 Å². The van der Waals surface area contributed by atoms with E-state index in [0.717, 1.165) is 4.31 Å². The molecule has 170 valence electrons. The molecule has 0 unspecified atom stereocenters. The molecule has 11 heteroatoms. The number of carboxylic acid groups (broad SMARTS) is 1. The number of sulfonamides is 1. The highest BCUT2D eigenvalue weighted by molar-refractivity contribution is 7.89. The largest absolute Gasteiger partial charge is 0.505 e. The van der Waals surface area contributed by atoms with E-state index in [9.17, 15) is 23.1 Å². The summed E-state index contributed by atoms with van der Waals surface area (Å²) in [7, 11) is -2.69. The Hall–Kier alpha value is -3.89. The van der Waals surface area contributed by atoms with Gasteiger partial charge in [0.2, 0.25) is 0 Å². The van der Waals surface area contributed by atoms with Gasteiger partial charge in [-0.15, -0.1) is 0 Å². The quantitative estimate of drug-likeness (QED) is 0.513. The van der Waals surface area contributed by atoms with Gasteiger partial charge in [-0.25, -0.2) is 18.2 Å². The zero-order valence-corrected chi connectivity index (χ0v) is 18.7. The Morgan fingerprint density at radius 3 is 2.33 bits per heavy atom. The van der Waals surface area contributed by atoms with Gasteiger partial charge in [-0.2, -0.15) is 0 Å². The van der Waals surface area contributed by atoms with E-state index in [1.54, 1.807) is 42.5 Å². The van der Waals surface area contributed by atoms with E-state index in [-0.39, 0.29) is 27.5 Å². The first-order chi connectivity index (χ1) is 15.6. The second-order valence-electron chi connectivity index (χ2n) is 6.65. The summed E-state index contributed by atoms with van der Waals surface area (Å²) < 4.78 is 25.8. The van der Waals surface area contributed by atoms with Crippen LogP contribution in [0.3, 0.4) is 0 Å². The molecular formula is C22H18ClN3O6S. The van der Waals surface area contributed by atoms with Gasteiger partial charge >= 0.3 is 5.97 Å². The first-order valence-corrected chi connectivity index (χ1v) is 11.2. The molecule has 4 rings (SSSR count). The van der Waals surface area contributed by atoms with Crippen LogP contribution in [-0.4, -0.2) is 46.8 Å². The highest BCUT2D eigenvalue weighted by Gasteiger charge is 2.37. The number of likely N-dealkylation sites (N-methyl/N-ethyl adjacent to an activating group) is 1. The second-order valence-corrected chi connectivity index (χ2v) is 9.02. The zero-order valence-electron chi connectivity index (χ0n) is 17.1. The zero-order chi connectivity index (χ0) is 24.2. The maximum absolute atomic E-state index is 12.5. The van der Waals surface area contributed by atoms with Gasteiger partial charge in [0.05, 0.1) is 10.5 Å². The number of hydrogen-bond donors (Lipinski definition) is 3. The van der Waals surface area contributed by atoms with Gasteiger partial charge in [-0.05, 0) is 42.5 Å². The van der Waals surface area contributed by atoms with E-state index in [0.29, 0.717) is 5.02 Å². The number of aliphatic hydroxyl groups is 1. The number of carboxylic acids is 1. The lowest BCUT2D eigenvalue weighted by molar-refractivity contribution is -0.113. The van der Waals surface area contributed by atoms with Crippen LogP contribution in [0.1, 0.15) is 15.9 Å². The van der Waals surface area contributed by atoms with E-state index in [1.165, 1.54) is 37.5 Å². The van der Waals surface area contributed by atoms with Crippen LogP contribution in [0.15, 0.2) is 83.5 Å². The first kappa shape index (κ1) is 23.8. The average Bonchev–Trinajstić information content (AvgIpc) is 2.79. The number of halogens is 1. The Balaban J connectivity index is 0.000000257. The van der Waals surface area contributed by atoms with Crippen LogP contribution in [0.25, 0.3) is 5.76 Å². The van der Waals surface area contributed by atoms with Crippen LogP contribution >= 0.6 is 11.6 Å². The Morgan fingerprint density at radius 2 is 1.73 bits per heavy atom. The fourth-order valence-electron chi connectivity index (χ4n) is 2.92. The van der Waals surface area contributed by atoms with Crippen LogP contribution < -0.4 is 5.32 Å². The molecule has 0 aliphatic carbocycles. The Kier molecular flexibility index (Phi) is 7.00.